The van der Waals surface area contributed by atoms with Crippen molar-refractivity contribution < 1.29 is 39.6 Å². The maximum atomic E-state index is 12.1. The van der Waals surface area contributed by atoms with Gasteiger partial charge in [-0.1, -0.05) is 18.2 Å². The number of benzene rings is 1. The van der Waals surface area contributed by atoms with Gasteiger partial charge in [0.1, 0.15) is 5.75 Å². The Kier molecular flexibility index (Phi) is 6.29. The molecule has 0 aromatic heterocycles. The largest absolute Gasteiger partial charge is 0.479 e. The van der Waals surface area contributed by atoms with Crippen molar-refractivity contribution in [2.24, 2.45) is 5.92 Å². The van der Waals surface area contributed by atoms with Crippen molar-refractivity contribution in [1.29, 1.82) is 0 Å². The lowest BCUT2D eigenvalue weighted by molar-refractivity contribution is -0.294. The Balaban J connectivity index is 2.62. The van der Waals surface area contributed by atoms with E-state index in [1.807, 2.05) is 19.9 Å². The second kappa shape index (κ2) is 7.91. The molecule has 2 rings (SSSR count). The summed E-state index contributed by atoms with van der Waals surface area (Å²) in [5, 5.41) is 41.8. The molecule has 0 bridgehead atoms. The summed E-state index contributed by atoms with van der Waals surface area (Å²) < 4.78 is 5.49. The molecule has 0 spiro atoms. The van der Waals surface area contributed by atoms with Gasteiger partial charge >= 0.3 is 11.9 Å². The van der Waals surface area contributed by atoms with E-state index in [1.165, 1.54) is 12.2 Å². The molecule has 0 amide bonds. The minimum absolute atomic E-state index is 0.215. The summed E-state index contributed by atoms with van der Waals surface area (Å²) in [6.45, 7) is 6.98. The number of methoxy groups -OCH3 is 1. The average Bonchev–Trinajstić information content (AvgIpc) is 2.63. The Bertz CT molecular complexity index is 750. The van der Waals surface area contributed by atoms with Crippen LogP contribution >= 0.6 is 0 Å². The number of carboxylic acid groups (broad SMARTS) is 2. The summed E-state index contributed by atoms with van der Waals surface area (Å²) in [6, 6.07) is 8.81. The highest BCUT2D eigenvalue weighted by molar-refractivity contribution is 5.87. The van der Waals surface area contributed by atoms with E-state index < -0.39 is 46.7 Å². The first-order valence-electron chi connectivity index (χ1n) is 9.23. The third kappa shape index (κ3) is 3.95. The molecular weight excluding hydrogens is 382 g/mol. The van der Waals surface area contributed by atoms with E-state index in [-0.39, 0.29) is 6.42 Å². The molecule has 1 saturated heterocycles. The Morgan fingerprint density at radius 1 is 1.17 bits per heavy atom. The van der Waals surface area contributed by atoms with Crippen molar-refractivity contribution in [2.75, 3.05) is 7.11 Å². The minimum atomic E-state index is -3.02. The summed E-state index contributed by atoms with van der Waals surface area (Å²) in [5.41, 5.74) is -4.96. The standard InChI is InChI=1S/C20H29NO8/c1-18(2)11-13(28-5)14(20(27,17(25)26)15(22)16(23)24)19(3,4)21(18)29-12-9-7-6-8-10-12/h6-10,13-15,22,27H,11H2,1-5H3,(H,23,24)(H,25,26). The van der Waals surface area contributed by atoms with Gasteiger partial charge < -0.3 is 30.0 Å². The van der Waals surface area contributed by atoms with Gasteiger partial charge in [-0.15, -0.1) is 5.06 Å². The predicted octanol–water partition coefficient (Wildman–Crippen LogP) is 1.14. The number of carbonyl (C=O) groups is 2. The van der Waals surface area contributed by atoms with E-state index in [0.29, 0.717) is 5.75 Å². The van der Waals surface area contributed by atoms with Crippen LogP contribution in [0, 0.1) is 5.92 Å². The summed E-state index contributed by atoms with van der Waals surface area (Å²) >= 11 is 0. The molecule has 0 saturated carbocycles. The first kappa shape index (κ1) is 23.1. The van der Waals surface area contributed by atoms with Gasteiger partial charge in [0, 0.05) is 13.0 Å². The molecule has 9 heteroatoms. The van der Waals surface area contributed by atoms with E-state index >= 15 is 0 Å². The number of hydrogen-bond acceptors (Lipinski definition) is 7. The third-order valence-electron chi connectivity index (χ3n) is 5.62. The van der Waals surface area contributed by atoms with Crippen LogP contribution in [0.15, 0.2) is 30.3 Å². The van der Waals surface area contributed by atoms with Crippen LogP contribution in [-0.2, 0) is 14.3 Å². The molecule has 1 aromatic carbocycles. The number of rotatable bonds is 7. The highest BCUT2D eigenvalue weighted by Crippen LogP contribution is 2.49. The first-order chi connectivity index (χ1) is 13.3. The third-order valence-corrected chi connectivity index (χ3v) is 5.62. The van der Waals surface area contributed by atoms with Crippen LogP contribution in [0.3, 0.4) is 0 Å². The van der Waals surface area contributed by atoms with E-state index in [0.717, 1.165) is 0 Å². The predicted molar refractivity (Wildman–Crippen MR) is 102 cm³/mol. The van der Waals surface area contributed by atoms with Crippen LogP contribution in [0.5, 0.6) is 5.75 Å². The van der Waals surface area contributed by atoms with Crippen molar-refractivity contribution in [2.45, 2.75) is 63.0 Å². The maximum absolute atomic E-state index is 12.1. The van der Waals surface area contributed by atoms with Gasteiger partial charge in [0.2, 0.25) is 5.60 Å². The second-order valence-electron chi connectivity index (χ2n) is 8.49. The number of piperidine rings is 1. The van der Waals surface area contributed by atoms with Gasteiger partial charge in [0.15, 0.2) is 6.10 Å². The Hall–Kier alpha value is -2.20. The fourth-order valence-corrected chi connectivity index (χ4v) is 4.53. The van der Waals surface area contributed by atoms with Crippen LogP contribution in [0.25, 0.3) is 0 Å². The van der Waals surface area contributed by atoms with E-state index in [1.54, 1.807) is 38.1 Å². The number of carboxylic acids is 2. The molecule has 9 nitrogen and oxygen atoms in total. The lowest BCUT2D eigenvalue weighted by atomic mass is 9.63. The fourth-order valence-electron chi connectivity index (χ4n) is 4.53. The molecule has 0 radical (unpaired) electrons. The number of hydrogen-bond donors (Lipinski definition) is 4. The van der Waals surface area contributed by atoms with Gasteiger partial charge in [0.25, 0.3) is 0 Å². The zero-order valence-electron chi connectivity index (χ0n) is 17.2. The molecule has 1 aromatic rings. The van der Waals surface area contributed by atoms with E-state index in [9.17, 15) is 30.0 Å². The average molecular weight is 411 g/mol. The smallest absolute Gasteiger partial charge is 0.339 e. The zero-order valence-corrected chi connectivity index (χ0v) is 17.2. The van der Waals surface area contributed by atoms with Crippen LogP contribution in [0.1, 0.15) is 34.1 Å². The Labute approximate surface area is 169 Å². The molecular formula is C20H29NO8. The van der Waals surface area contributed by atoms with Gasteiger partial charge in [-0.05, 0) is 46.2 Å². The van der Waals surface area contributed by atoms with Gasteiger partial charge in [-0.2, -0.15) is 0 Å². The Morgan fingerprint density at radius 2 is 1.72 bits per heavy atom. The lowest BCUT2D eigenvalue weighted by Crippen LogP contribution is -2.76. The van der Waals surface area contributed by atoms with Gasteiger partial charge in [-0.25, -0.2) is 9.59 Å². The number of para-hydroxylation sites is 1. The molecule has 0 aliphatic carbocycles. The fraction of sp³-hybridized carbons (Fsp3) is 0.600. The SMILES string of the molecule is COC1CC(C)(C)N(Oc2ccccc2)C(C)(C)C1C(O)(C(=O)O)C(O)C(=O)O. The monoisotopic (exact) mass is 411 g/mol. The molecule has 4 N–H and O–H groups in total. The number of aliphatic hydroxyl groups excluding tert-OH is 1. The number of aliphatic carboxylic acids is 2. The van der Waals surface area contributed by atoms with Gasteiger partial charge in [-0.3, -0.25) is 0 Å². The topological polar surface area (TPSA) is 137 Å². The minimum Gasteiger partial charge on any atom is -0.479 e. The van der Waals surface area contributed by atoms with Crippen molar-refractivity contribution in [3.05, 3.63) is 30.3 Å². The molecule has 1 fully saturated rings. The Morgan fingerprint density at radius 3 is 2.17 bits per heavy atom. The normalized spacial score (nSPS) is 26.9. The van der Waals surface area contributed by atoms with Crippen molar-refractivity contribution in [3.63, 3.8) is 0 Å². The van der Waals surface area contributed by atoms with Crippen LogP contribution in [0.4, 0.5) is 0 Å². The van der Waals surface area contributed by atoms with Crippen LogP contribution < -0.4 is 4.84 Å². The summed E-state index contributed by atoms with van der Waals surface area (Å²) in [6.07, 6.45) is -3.22. The number of ether oxygens (including phenoxy) is 1. The van der Waals surface area contributed by atoms with E-state index in [2.05, 4.69) is 0 Å². The summed E-state index contributed by atoms with van der Waals surface area (Å²) in [4.78, 5) is 29.6. The molecule has 1 heterocycles. The molecule has 1 aliphatic heterocycles. The summed E-state index contributed by atoms with van der Waals surface area (Å²) in [7, 11) is 1.35. The quantitative estimate of drug-likeness (QED) is 0.520. The lowest BCUT2D eigenvalue weighted by Gasteiger charge is -2.59. The number of nitrogens with zero attached hydrogens (tertiary/aromatic N) is 1. The van der Waals surface area contributed by atoms with Crippen molar-refractivity contribution in [3.8, 4) is 5.75 Å². The maximum Gasteiger partial charge on any atom is 0.339 e. The molecule has 4 unspecified atom stereocenters. The van der Waals surface area contributed by atoms with E-state index in [4.69, 9.17) is 9.57 Å². The molecule has 1 aliphatic rings. The number of hydroxylamine groups is 2. The summed E-state index contributed by atoms with van der Waals surface area (Å²) in [5.74, 6) is -4.56. The van der Waals surface area contributed by atoms with Crippen LogP contribution in [0.2, 0.25) is 0 Å². The highest BCUT2D eigenvalue weighted by atomic mass is 16.7. The van der Waals surface area contributed by atoms with Crippen LogP contribution in [-0.4, -0.2) is 73.4 Å². The second-order valence-corrected chi connectivity index (χ2v) is 8.49. The number of aliphatic hydroxyl groups is 2. The van der Waals surface area contributed by atoms with Gasteiger partial charge in [0.05, 0.1) is 17.2 Å². The molecule has 29 heavy (non-hydrogen) atoms. The first-order valence-corrected chi connectivity index (χ1v) is 9.23. The van der Waals surface area contributed by atoms with Crippen molar-refractivity contribution >= 4 is 11.9 Å². The molecule has 162 valence electrons. The molecule has 4 atom stereocenters. The highest BCUT2D eigenvalue weighted by Gasteiger charge is 2.67. The van der Waals surface area contributed by atoms with Crippen molar-refractivity contribution in [1.82, 2.24) is 5.06 Å². The zero-order chi connectivity index (χ0) is 22.2.